The van der Waals surface area contributed by atoms with Crippen molar-refractivity contribution in [2.24, 2.45) is 0 Å². The summed E-state index contributed by atoms with van der Waals surface area (Å²) < 4.78 is 4.81. The lowest BCUT2D eigenvalue weighted by molar-refractivity contribution is 0.591. The van der Waals surface area contributed by atoms with Crippen LogP contribution in [0.4, 0.5) is 0 Å². The molecule has 0 bridgehead atoms. The zero-order valence-electron chi connectivity index (χ0n) is 56.1. The molecule has 0 spiro atoms. The minimum atomic E-state index is 0.0414. The van der Waals surface area contributed by atoms with Crippen molar-refractivity contribution in [1.29, 1.82) is 0 Å². The van der Waals surface area contributed by atoms with Gasteiger partial charge in [-0.25, -0.2) is 0 Å². The van der Waals surface area contributed by atoms with Crippen LogP contribution in [0, 0.1) is 0 Å². The highest BCUT2D eigenvalue weighted by Crippen LogP contribution is 2.48. The number of benzene rings is 17. The van der Waals surface area contributed by atoms with E-state index in [9.17, 15) is 0 Å². The monoisotopic (exact) mass is 1270 g/mol. The molecule has 0 fully saturated rings. The average molecular weight is 1280 g/mol. The van der Waals surface area contributed by atoms with E-state index in [4.69, 9.17) is 0 Å². The van der Waals surface area contributed by atoms with E-state index in [1.807, 2.05) is 0 Å². The number of rotatable bonds is 9. The smallest absolute Gasteiger partial charge is 0.0541 e. The molecule has 2 heteroatoms. The van der Waals surface area contributed by atoms with Gasteiger partial charge in [-0.15, -0.1) is 0 Å². The highest BCUT2D eigenvalue weighted by Gasteiger charge is 2.23. The molecule has 472 valence electrons. The van der Waals surface area contributed by atoms with Crippen molar-refractivity contribution < 1.29 is 0 Å². The number of nitrogens with zero attached hydrogens (tertiary/aromatic N) is 2. The van der Waals surface area contributed by atoms with Gasteiger partial charge in [-0.05, 0) is 199 Å². The van der Waals surface area contributed by atoms with Crippen LogP contribution in [0.25, 0.3) is 176 Å². The van der Waals surface area contributed by atoms with Gasteiger partial charge >= 0.3 is 0 Å². The average Bonchev–Trinajstić information content (AvgIpc) is 0.903. The van der Waals surface area contributed by atoms with Gasteiger partial charge in [0.15, 0.2) is 0 Å². The second kappa shape index (κ2) is 24.8. The molecular weight excluding hydrogens is 1210 g/mol. The maximum atomic E-state index is 2.43. The van der Waals surface area contributed by atoms with Crippen molar-refractivity contribution in [2.75, 3.05) is 0 Å². The third-order valence-electron chi connectivity index (χ3n) is 20.6. The fourth-order valence-electron chi connectivity index (χ4n) is 15.8. The molecule has 0 aliphatic heterocycles. The predicted molar refractivity (Wildman–Crippen MR) is 428 cm³/mol. The van der Waals surface area contributed by atoms with E-state index < -0.39 is 0 Å². The molecule has 0 N–H and O–H groups in total. The van der Waals surface area contributed by atoms with Gasteiger partial charge in [-0.1, -0.05) is 324 Å². The fraction of sp³-hybridized carbons (Fsp3) is 0.0408. The van der Waals surface area contributed by atoms with Crippen LogP contribution in [-0.2, 0) is 5.41 Å². The number of aromatic nitrogens is 2. The van der Waals surface area contributed by atoms with Crippen LogP contribution in [0.15, 0.2) is 370 Å². The third kappa shape index (κ3) is 10.4. The highest BCUT2D eigenvalue weighted by atomic mass is 15.0. The summed E-state index contributed by atoms with van der Waals surface area (Å²) in [7, 11) is 0. The fourth-order valence-corrected chi connectivity index (χ4v) is 15.8. The van der Waals surface area contributed by atoms with Gasteiger partial charge in [0.25, 0.3) is 0 Å². The molecule has 2 heterocycles. The molecule has 0 radical (unpaired) electrons. The SMILES string of the molecule is CC(C)(C)c1ccc2c(-c3ccc(-n4c5ccccc5c5cc(-c6ccccc6)ccc54)cc3)c3ccccc3c(-c3ccccc3)c2c1.c1ccc(-c2ccc(-c3c4ccccc4c(-c4ccc(-n5c6ccccc6c6cc(-c7ccccc7)ccc65)cc4)c4ccccc34)cc2)cc1. The Balaban J connectivity index is 0.000000144. The Labute approximate surface area is 583 Å². The van der Waals surface area contributed by atoms with E-state index in [2.05, 4.69) is 400 Å². The van der Waals surface area contributed by atoms with Crippen molar-refractivity contribution in [3.05, 3.63) is 376 Å². The minimum absolute atomic E-state index is 0.0414. The zero-order valence-corrected chi connectivity index (χ0v) is 56.1. The molecule has 100 heavy (non-hydrogen) atoms. The Morgan fingerprint density at radius 3 is 0.790 bits per heavy atom. The summed E-state index contributed by atoms with van der Waals surface area (Å²) in [4.78, 5) is 0. The lowest BCUT2D eigenvalue weighted by atomic mass is 9.81. The lowest BCUT2D eigenvalue weighted by Crippen LogP contribution is -2.10. The standard InChI is InChI=1S/C50H33N.C48H37N/c1-3-13-34(14-4-1)36-23-25-37(26-24-36)49-42-18-7-9-20-44(42)50(45-21-10-8-19-43(45)49)38-27-30-40(31-28-38)51-47-22-12-11-17-41(47)46-33-39(29-32-48(46)51)35-15-5-2-6-16-35;1-48(2,3)36-25-28-41-43(31-36)47(33-16-8-5-9-17-33)40-20-11-10-19-39(40)46(41)34-22-26-37(27-23-34)49-44-21-13-12-18-38(44)42-30-35(24-29-45(42)49)32-14-6-4-7-15-32/h1-33H;4-31H,1-3H3. The van der Waals surface area contributed by atoms with Crippen molar-refractivity contribution in [2.45, 2.75) is 26.2 Å². The van der Waals surface area contributed by atoms with Crippen LogP contribution in [0.5, 0.6) is 0 Å². The molecule has 2 nitrogen and oxygen atoms in total. The van der Waals surface area contributed by atoms with Gasteiger partial charge in [0.2, 0.25) is 0 Å². The number of hydrogen-bond acceptors (Lipinski definition) is 0. The molecule has 17 aromatic carbocycles. The van der Waals surface area contributed by atoms with Crippen molar-refractivity contribution >= 4 is 86.7 Å². The van der Waals surface area contributed by atoms with Crippen LogP contribution >= 0.6 is 0 Å². The minimum Gasteiger partial charge on any atom is -0.309 e. The van der Waals surface area contributed by atoms with Gasteiger partial charge < -0.3 is 9.13 Å². The molecular formula is C98H70N2. The summed E-state index contributed by atoms with van der Waals surface area (Å²) in [5, 5.41) is 15.2. The van der Waals surface area contributed by atoms with E-state index in [-0.39, 0.29) is 5.41 Å². The predicted octanol–water partition coefficient (Wildman–Crippen LogP) is 27.1. The Morgan fingerprint density at radius 1 is 0.170 bits per heavy atom. The summed E-state index contributed by atoms with van der Waals surface area (Å²) in [5.74, 6) is 0. The summed E-state index contributed by atoms with van der Waals surface area (Å²) in [6, 6.07) is 135. The third-order valence-corrected chi connectivity index (χ3v) is 20.6. The Morgan fingerprint density at radius 2 is 0.420 bits per heavy atom. The quantitative estimate of drug-likeness (QED) is 0.128. The second-order valence-corrected chi connectivity index (χ2v) is 27.5. The number of fused-ring (bicyclic) bond motifs is 10. The molecule has 0 atom stereocenters. The molecule has 0 saturated carbocycles. The molecule has 0 aliphatic rings. The molecule has 2 aromatic heterocycles. The first kappa shape index (κ1) is 59.8. The topological polar surface area (TPSA) is 9.86 Å². The first-order chi connectivity index (χ1) is 49.3. The first-order valence-electron chi connectivity index (χ1n) is 34.8. The largest absolute Gasteiger partial charge is 0.309 e. The Kier molecular flexibility index (Phi) is 14.8. The first-order valence-corrected chi connectivity index (χ1v) is 34.8. The van der Waals surface area contributed by atoms with Gasteiger partial charge in [0.05, 0.1) is 22.1 Å². The van der Waals surface area contributed by atoms with Crippen molar-refractivity contribution in [3.63, 3.8) is 0 Å². The van der Waals surface area contributed by atoms with Gasteiger partial charge in [0.1, 0.15) is 0 Å². The maximum Gasteiger partial charge on any atom is 0.0541 e. The number of hydrogen-bond donors (Lipinski definition) is 0. The van der Waals surface area contributed by atoms with Crippen LogP contribution in [-0.4, -0.2) is 9.13 Å². The van der Waals surface area contributed by atoms with Gasteiger partial charge in [-0.3, -0.25) is 0 Å². The van der Waals surface area contributed by atoms with E-state index in [1.165, 1.54) is 170 Å². The zero-order chi connectivity index (χ0) is 66.8. The van der Waals surface area contributed by atoms with Gasteiger partial charge in [-0.2, -0.15) is 0 Å². The van der Waals surface area contributed by atoms with E-state index in [1.54, 1.807) is 0 Å². The van der Waals surface area contributed by atoms with Crippen LogP contribution in [0.1, 0.15) is 26.3 Å². The summed E-state index contributed by atoms with van der Waals surface area (Å²) >= 11 is 0. The molecule has 19 aromatic rings. The molecule has 0 aliphatic carbocycles. The molecule has 0 amide bonds. The normalized spacial score (nSPS) is 11.8. The van der Waals surface area contributed by atoms with Crippen molar-refractivity contribution in [1.82, 2.24) is 9.13 Å². The molecule has 0 saturated heterocycles. The van der Waals surface area contributed by atoms with Crippen molar-refractivity contribution in [3.8, 4) is 89.3 Å². The summed E-state index contributed by atoms with van der Waals surface area (Å²) in [5.41, 5.74) is 26.0. The number of para-hydroxylation sites is 2. The molecule has 0 unspecified atom stereocenters. The van der Waals surface area contributed by atoms with E-state index >= 15 is 0 Å². The summed E-state index contributed by atoms with van der Waals surface area (Å²) in [6.45, 7) is 6.90. The van der Waals surface area contributed by atoms with Crippen LogP contribution < -0.4 is 0 Å². The lowest BCUT2D eigenvalue weighted by Gasteiger charge is -2.23. The van der Waals surface area contributed by atoms with E-state index in [0.29, 0.717) is 0 Å². The second-order valence-electron chi connectivity index (χ2n) is 27.5. The maximum absolute atomic E-state index is 2.43. The van der Waals surface area contributed by atoms with Gasteiger partial charge in [0, 0.05) is 32.9 Å². The van der Waals surface area contributed by atoms with Crippen LogP contribution in [0.2, 0.25) is 0 Å². The van der Waals surface area contributed by atoms with Crippen LogP contribution in [0.3, 0.4) is 0 Å². The molecule has 19 rings (SSSR count). The summed E-state index contributed by atoms with van der Waals surface area (Å²) in [6.07, 6.45) is 0. The Bertz CT molecular complexity index is 6240. The highest BCUT2D eigenvalue weighted by molar-refractivity contribution is 6.23. The Hall–Kier alpha value is -12.6. The van der Waals surface area contributed by atoms with E-state index in [0.717, 1.165) is 11.4 Å².